The van der Waals surface area contributed by atoms with Crippen LogP contribution >= 0.6 is 23.2 Å². The van der Waals surface area contributed by atoms with E-state index in [1.54, 1.807) is 61.7 Å². The third-order valence-corrected chi connectivity index (χ3v) is 7.85. The lowest BCUT2D eigenvalue weighted by atomic mass is 10.1. The topological polar surface area (TPSA) is 167 Å². The summed E-state index contributed by atoms with van der Waals surface area (Å²) in [6.07, 6.45) is 6.13. The highest BCUT2D eigenvalue weighted by atomic mass is 35.5. The van der Waals surface area contributed by atoms with Gasteiger partial charge in [-0.25, -0.2) is 14.4 Å². The molecule has 6 rings (SSSR count). The molecule has 0 spiro atoms. The first-order valence-corrected chi connectivity index (χ1v) is 16.7. The summed E-state index contributed by atoms with van der Waals surface area (Å²) in [5.41, 5.74) is 16.8. The van der Waals surface area contributed by atoms with Gasteiger partial charge in [0.1, 0.15) is 19.0 Å². The number of pyridine rings is 3. The Hall–Kier alpha value is -6.24. The number of aryl methyl sites for hydroxylation is 2. The Bertz CT molecular complexity index is 2260. The molecule has 11 nitrogen and oxygen atoms in total. The lowest BCUT2D eigenvalue weighted by molar-refractivity contribution is 0.101. The van der Waals surface area contributed by atoms with Gasteiger partial charge in [-0.3, -0.25) is 14.6 Å². The third kappa shape index (κ3) is 11.1. The fourth-order valence-corrected chi connectivity index (χ4v) is 5.11. The van der Waals surface area contributed by atoms with Gasteiger partial charge in [0.15, 0.2) is 23.1 Å². The second kappa shape index (κ2) is 17.8. The van der Waals surface area contributed by atoms with E-state index in [9.17, 15) is 14.0 Å². The molecule has 3 aromatic heterocycles. The zero-order valence-electron chi connectivity index (χ0n) is 28.6. The van der Waals surface area contributed by atoms with E-state index in [0.29, 0.717) is 44.0 Å². The van der Waals surface area contributed by atoms with E-state index < -0.39 is 5.82 Å². The Kier molecular flexibility index (Phi) is 12.8. The van der Waals surface area contributed by atoms with Crippen molar-refractivity contribution in [2.24, 2.45) is 0 Å². The smallest absolute Gasteiger partial charge is 0.257 e. The van der Waals surface area contributed by atoms with E-state index in [0.717, 1.165) is 16.7 Å². The summed E-state index contributed by atoms with van der Waals surface area (Å²) in [4.78, 5) is 36.6. The van der Waals surface area contributed by atoms with Crippen molar-refractivity contribution in [3.63, 3.8) is 0 Å². The first-order valence-electron chi connectivity index (χ1n) is 16.0. The van der Waals surface area contributed by atoms with Crippen LogP contribution < -0.4 is 31.6 Å². The van der Waals surface area contributed by atoms with Crippen molar-refractivity contribution in [3.8, 4) is 11.5 Å². The lowest BCUT2D eigenvalue weighted by Crippen LogP contribution is -2.14. The molecule has 0 unspecified atom stereocenters. The summed E-state index contributed by atoms with van der Waals surface area (Å²) in [5.74, 6) is 0.248. The summed E-state index contributed by atoms with van der Waals surface area (Å²) in [7, 11) is 0. The maximum atomic E-state index is 13.4. The van der Waals surface area contributed by atoms with Gasteiger partial charge in [-0.1, -0.05) is 53.5 Å². The van der Waals surface area contributed by atoms with Crippen molar-refractivity contribution >= 4 is 58.0 Å². The second-order valence-electron chi connectivity index (χ2n) is 11.7. The number of benzene rings is 3. The molecule has 270 valence electrons. The van der Waals surface area contributed by atoms with Gasteiger partial charge in [0.25, 0.3) is 11.8 Å². The van der Waals surface area contributed by atoms with Gasteiger partial charge in [0.2, 0.25) is 0 Å². The molecule has 6 N–H and O–H groups in total. The Labute approximate surface area is 315 Å². The minimum absolute atomic E-state index is 0.217. The van der Waals surface area contributed by atoms with Crippen LogP contribution in [0.4, 0.5) is 27.4 Å². The van der Waals surface area contributed by atoms with Crippen molar-refractivity contribution in [2.75, 3.05) is 22.1 Å². The van der Waals surface area contributed by atoms with Gasteiger partial charge in [-0.2, -0.15) is 0 Å². The standard InChI is InChI=1S/C20H17ClFN3O2.C19H17ClN4O2/c1-12-5-6-15(22)9-17(12)20(26)25-16-4-2-3-13(7-16)11-27-18-8-14(21)10-24-19(18)23;1-12-5-14(9-22-8-12)19(25)24-16-4-2-3-13(6-16)11-26-17-7-15(20)10-23-18(17)21/h2-10H,11H2,1H3,(H2,23,24)(H,25,26);2-10H,11H2,1H3,(H2,21,23)(H,24,25). The SMILES string of the molecule is Cc1ccc(F)cc1C(=O)Nc1cccc(COc2cc(Cl)cnc2N)c1.Cc1cncc(C(=O)Nc2cccc(COc3cc(Cl)cnc3N)c2)c1. The molecule has 6 aromatic rings. The Morgan fingerprint density at radius 3 is 1.79 bits per heavy atom. The molecule has 0 radical (unpaired) electrons. The molecule has 0 saturated carbocycles. The number of halogens is 3. The summed E-state index contributed by atoms with van der Waals surface area (Å²) in [6.45, 7) is 4.12. The highest BCUT2D eigenvalue weighted by Gasteiger charge is 2.12. The molecule has 0 bridgehead atoms. The summed E-state index contributed by atoms with van der Waals surface area (Å²) < 4.78 is 24.7. The minimum atomic E-state index is -0.458. The predicted molar refractivity (Wildman–Crippen MR) is 205 cm³/mol. The monoisotopic (exact) mass is 753 g/mol. The number of hydrogen-bond acceptors (Lipinski definition) is 9. The zero-order chi connectivity index (χ0) is 37.9. The van der Waals surface area contributed by atoms with Crippen molar-refractivity contribution in [3.05, 3.63) is 159 Å². The largest absolute Gasteiger partial charge is 0.485 e. The number of carbonyl (C=O) groups is 2. The predicted octanol–water partition coefficient (Wildman–Crippen LogP) is 8.45. The number of nitrogens with zero attached hydrogens (tertiary/aromatic N) is 3. The number of hydrogen-bond donors (Lipinski definition) is 4. The normalized spacial score (nSPS) is 10.4. The van der Waals surface area contributed by atoms with Crippen LogP contribution in [0.15, 0.2) is 110 Å². The molecule has 14 heteroatoms. The first-order chi connectivity index (χ1) is 25.4. The van der Waals surface area contributed by atoms with Gasteiger partial charge in [-0.05, 0) is 78.6 Å². The average molecular weight is 755 g/mol. The van der Waals surface area contributed by atoms with Crippen LogP contribution in [0.25, 0.3) is 0 Å². The van der Waals surface area contributed by atoms with Crippen LogP contribution in [0.5, 0.6) is 11.5 Å². The molecule has 0 fully saturated rings. The average Bonchev–Trinajstić information content (AvgIpc) is 3.14. The van der Waals surface area contributed by atoms with Crippen molar-refractivity contribution in [1.82, 2.24) is 15.0 Å². The second-order valence-corrected chi connectivity index (χ2v) is 12.5. The molecule has 0 saturated heterocycles. The van der Waals surface area contributed by atoms with Gasteiger partial charge >= 0.3 is 0 Å². The van der Waals surface area contributed by atoms with Crippen molar-refractivity contribution in [2.45, 2.75) is 27.1 Å². The highest BCUT2D eigenvalue weighted by molar-refractivity contribution is 6.31. The molecule has 2 amide bonds. The lowest BCUT2D eigenvalue weighted by Gasteiger charge is -2.11. The highest BCUT2D eigenvalue weighted by Crippen LogP contribution is 2.26. The van der Waals surface area contributed by atoms with Crippen LogP contribution in [0.2, 0.25) is 10.0 Å². The minimum Gasteiger partial charge on any atom is -0.485 e. The van der Waals surface area contributed by atoms with Gasteiger partial charge in [0.05, 0.1) is 15.6 Å². The molecule has 3 aromatic carbocycles. The molecule has 0 aliphatic rings. The number of ether oxygens (including phenoxy) is 2. The van der Waals surface area contributed by atoms with Crippen LogP contribution in [0, 0.1) is 19.7 Å². The molecule has 0 aliphatic heterocycles. The Morgan fingerprint density at radius 2 is 1.25 bits per heavy atom. The molecular formula is C39H34Cl2FN7O4. The molecular weight excluding hydrogens is 720 g/mol. The number of amides is 2. The number of nitrogens with two attached hydrogens (primary N) is 2. The summed E-state index contributed by atoms with van der Waals surface area (Å²) in [6, 6.07) is 23.6. The number of nitrogens with one attached hydrogen (secondary N) is 2. The van der Waals surface area contributed by atoms with Crippen LogP contribution in [0.3, 0.4) is 0 Å². The number of aromatic nitrogens is 3. The molecule has 0 aliphatic carbocycles. The van der Waals surface area contributed by atoms with Gasteiger partial charge in [-0.15, -0.1) is 0 Å². The maximum Gasteiger partial charge on any atom is 0.257 e. The quantitative estimate of drug-likeness (QED) is 0.107. The number of nitrogen functional groups attached to an aromatic ring is 2. The number of anilines is 4. The van der Waals surface area contributed by atoms with Crippen LogP contribution in [-0.4, -0.2) is 26.8 Å². The van der Waals surface area contributed by atoms with E-state index in [4.69, 9.17) is 44.1 Å². The Balaban J connectivity index is 0.000000204. The van der Waals surface area contributed by atoms with E-state index in [2.05, 4.69) is 25.6 Å². The van der Waals surface area contributed by atoms with Gasteiger partial charge in [0, 0.05) is 53.9 Å². The molecule has 0 atom stereocenters. The van der Waals surface area contributed by atoms with Crippen molar-refractivity contribution < 1.29 is 23.5 Å². The van der Waals surface area contributed by atoms with E-state index in [1.165, 1.54) is 30.7 Å². The zero-order valence-corrected chi connectivity index (χ0v) is 30.1. The molecule has 53 heavy (non-hydrogen) atoms. The van der Waals surface area contributed by atoms with E-state index >= 15 is 0 Å². The van der Waals surface area contributed by atoms with Crippen LogP contribution in [-0.2, 0) is 13.2 Å². The van der Waals surface area contributed by atoms with Gasteiger partial charge < -0.3 is 31.6 Å². The fourth-order valence-electron chi connectivity index (χ4n) is 4.81. The third-order valence-electron chi connectivity index (χ3n) is 7.44. The van der Waals surface area contributed by atoms with E-state index in [-0.39, 0.29) is 42.2 Å². The van der Waals surface area contributed by atoms with E-state index in [1.807, 2.05) is 31.2 Å². The van der Waals surface area contributed by atoms with Crippen molar-refractivity contribution in [1.29, 1.82) is 0 Å². The van der Waals surface area contributed by atoms with Crippen LogP contribution in [0.1, 0.15) is 43.0 Å². The number of carbonyl (C=O) groups excluding carboxylic acids is 2. The first kappa shape index (κ1) is 38.0. The summed E-state index contributed by atoms with van der Waals surface area (Å²) >= 11 is 11.8. The summed E-state index contributed by atoms with van der Waals surface area (Å²) in [5, 5.41) is 6.49. The number of rotatable bonds is 10. The molecule has 3 heterocycles. The fraction of sp³-hybridized carbons (Fsp3) is 0.103. The maximum absolute atomic E-state index is 13.4. The Morgan fingerprint density at radius 1 is 0.698 bits per heavy atom.